The lowest BCUT2D eigenvalue weighted by atomic mass is 10.2. The minimum absolute atomic E-state index is 0.0729. The molecule has 1 aliphatic heterocycles. The molecule has 0 fully saturated rings. The zero-order valence-electron chi connectivity index (χ0n) is 13.3. The van der Waals surface area contributed by atoms with Gasteiger partial charge in [0.2, 0.25) is 5.91 Å². The van der Waals surface area contributed by atoms with Crippen LogP contribution in [-0.4, -0.2) is 31.2 Å². The Kier molecular flexibility index (Phi) is 5.44. The molecule has 1 aliphatic rings. The summed E-state index contributed by atoms with van der Waals surface area (Å²) in [5.41, 5.74) is 0.927. The van der Waals surface area contributed by atoms with Crippen LogP contribution < -0.4 is 20.1 Å². The Morgan fingerprint density at radius 2 is 2.04 bits per heavy atom. The number of nitrogens with one attached hydrogen (secondary N) is 2. The molecule has 2 aromatic carbocycles. The molecule has 2 N–H and O–H groups in total. The van der Waals surface area contributed by atoms with Gasteiger partial charge >= 0.3 is 0 Å². The number of carbonyl (C=O) groups is 1. The zero-order chi connectivity index (χ0) is 16.9. The molecular weight excluding hydrogens is 419 g/mol. The van der Waals surface area contributed by atoms with Gasteiger partial charge in [-0.05, 0) is 59.8 Å². The summed E-state index contributed by atoms with van der Waals surface area (Å²) >= 11 is 2.24. The Hall–Kier alpha value is -1.96. The summed E-state index contributed by atoms with van der Waals surface area (Å²) < 4.78 is 12.6. The quantitative estimate of drug-likeness (QED) is 0.705. The molecule has 0 bridgehead atoms. The normalized spacial score (nSPS) is 17.0. The Morgan fingerprint density at radius 1 is 1.25 bits per heavy atom. The third-order valence-corrected chi connectivity index (χ3v) is 4.34. The topological polar surface area (TPSA) is 59.6 Å². The summed E-state index contributed by atoms with van der Waals surface area (Å²) in [5.74, 6) is 1.39. The van der Waals surface area contributed by atoms with Gasteiger partial charge in [-0.25, -0.2) is 0 Å². The second kappa shape index (κ2) is 7.74. The van der Waals surface area contributed by atoms with Crippen molar-refractivity contribution in [2.45, 2.75) is 19.1 Å². The van der Waals surface area contributed by atoms with Crippen LogP contribution in [0.1, 0.15) is 6.92 Å². The van der Waals surface area contributed by atoms with Crippen molar-refractivity contribution in [3.05, 3.63) is 52.1 Å². The van der Waals surface area contributed by atoms with Gasteiger partial charge in [0.15, 0.2) is 11.5 Å². The lowest BCUT2D eigenvalue weighted by Gasteiger charge is -2.27. The summed E-state index contributed by atoms with van der Waals surface area (Å²) in [6.07, 6.45) is -0.186. The highest BCUT2D eigenvalue weighted by Gasteiger charge is 2.22. The number of carbonyl (C=O) groups excluding carboxylic acids is 1. The van der Waals surface area contributed by atoms with Crippen LogP contribution in [-0.2, 0) is 4.79 Å². The number of benzene rings is 2. The average molecular weight is 438 g/mol. The third-order valence-electron chi connectivity index (χ3n) is 3.67. The number of amides is 1. The minimum Gasteiger partial charge on any atom is -0.486 e. The molecule has 0 saturated carbocycles. The fraction of sp³-hybridized carbons (Fsp3) is 0.278. The molecule has 0 aromatic heterocycles. The maximum Gasteiger partial charge on any atom is 0.242 e. The highest BCUT2D eigenvalue weighted by Crippen LogP contribution is 2.30. The fourth-order valence-corrected chi connectivity index (χ4v) is 2.97. The highest BCUT2D eigenvalue weighted by molar-refractivity contribution is 14.1. The number of hydrogen-bond acceptors (Lipinski definition) is 4. The van der Waals surface area contributed by atoms with Crippen LogP contribution in [0.3, 0.4) is 0 Å². The summed E-state index contributed by atoms with van der Waals surface area (Å²) in [6, 6.07) is 15.1. The van der Waals surface area contributed by atoms with Crippen molar-refractivity contribution in [2.24, 2.45) is 0 Å². The molecule has 0 aliphatic carbocycles. The van der Waals surface area contributed by atoms with Crippen molar-refractivity contribution >= 4 is 34.2 Å². The molecule has 0 spiro atoms. The molecule has 2 unspecified atom stereocenters. The SMILES string of the molecule is CC(Nc1cccc(I)c1)C(=O)NCC1COc2ccccc2O1. The van der Waals surface area contributed by atoms with Crippen LogP contribution in [0.4, 0.5) is 5.69 Å². The van der Waals surface area contributed by atoms with Crippen molar-refractivity contribution < 1.29 is 14.3 Å². The first kappa shape index (κ1) is 16.9. The molecule has 24 heavy (non-hydrogen) atoms. The van der Waals surface area contributed by atoms with Gasteiger partial charge in [0.25, 0.3) is 0 Å². The average Bonchev–Trinajstić information content (AvgIpc) is 2.59. The largest absolute Gasteiger partial charge is 0.486 e. The molecule has 3 rings (SSSR count). The predicted molar refractivity (Wildman–Crippen MR) is 102 cm³/mol. The zero-order valence-corrected chi connectivity index (χ0v) is 15.4. The van der Waals surface area contributed by atoms with Crippen LogP contribution in [0, 0.1) is 3.57 Å². The van der Waals surface area contributed by atoms with Crippen LogP contribution >= 0.6 is 22.6 Å². The number of rotatable bonds is 5. The first-order valence-electron chi connectivity index (χ1n) is 7.80. The van der Waals surface area contributed by atoms with Crippen molar-refractivity contribution in [1.29, 1.82) is 0 Å². The number of fused-ring (bicyclic) bond motifs is 1. The molecule has 0 radical (unpaired) electrons. The number of ether oxygens (including phenoxy) is 2. The molecule has 2 atom stereocenters. The van der Waals surface area contributed by atoms with Gasteiger partial charge < -0.3 is 20.1 Å². The van der Waals surface area contributed by atoms with Crippen molar-refractivity contribution in [1.82, 2.24) is 5.32 Å². The molecule has 1 amide bonds. The Morgan fingerprint density at radius 3 is 2.83 bits per heavy atom. The third kappa shape index (κ3) is 4.31. The maximum absolute atomic E-state index is 12.2. The van der Waals surface area contributed by atoms with E-state index in [2.05, 4.69) is 33.2 Å². The maximum atomic E-state index is 12.2. The standard InChI is InChI=1S/C18H19IN2O3/c1-12(21-14-6-4-5-13(19)9-14)18(22)20-10-15-11-23-16-7-2-3-8-17(16)24-15/h2-9,12,15,21H,10-11H2,1H3,(H,20,22). The number of anilines is 1. The second-order valence-electron chi connectivity index (χ2n) is 5.62. The molecule has 126 valence electrons. The van der Waals surface area contributed by atoms with Gasteiger partial charge in [-0.2, -0.15) is 0 Å². The van der Waals surface area contributed by atoms with Crippen molar-refractivity contribution in [2.75, 3.05) is 18.5 Å². The van der Waals surface area contributed by atoms with Gasteiger partial charge in [-0.3, -0.25) is 4.79 Å². The number of halogens is 1. The van der Waals surface area contributed by atoms with E-state index < -0.39 is 0 Å². The van der Waals surface area contributed by atoms with Crippen LogP contribution in [0.15, 0.2) is 48.5 Å². The summed E-state index contributed by atoms with van der Waals surface area (Å²) in [7, 11) is 0. The first-order chi connectivity index (χ1) is 11.6. The second-order valence-corrected chi connectivity index (χ2v) is 6.86. The molecule has 0 saturated heterocycles. The molecule has 6 heteroatoms. The Bertz CT molecular complexity index is 723. The molecular formula is C18H19IN2O3. The number of hydrogen-bond donors (Lipinski definition) is 2. The summed E-state index contributed by atoms with van der Waals surface area (Å²) in [4.78, 5) is 12.2. The van der Waals surface area contributed by atoms with Crippen LogP contribution in [0.25, 0.3) is 0 Å². The van der Waals surface area contributed by atoms with Gasteiger partial charge in [-0.1, -0.05) is 18.2 Å². The molecule has 5 nitrogen and oxygen atoms in total. The minimum atomic E-state index is -0.333. The Labute approximate surface area is 154 Å². The van der Waals surface area contributed by atoms with Gasteiger partial charge in [0.05, 0.1) is 6.54 Å². The van der Waals surface area contributed by atoms with Crippen molar-refractivity contribution in [3.8, 4) is 11.5 Å². The van der Waals surface area contributed by atoms with E-state index in [1.54, 1.807) is 0 Å². The van der Waals surface area contributed by atoms with E-state index in [1.807, 2.05) is 55.5 Å². The van der Waals surface area contributed by atoms with Crippen LogP contribution in [0.5, 0.6) is 11.5 Å². The van der Waals surface area contributed by atoms with E-state index in [-0.39, 0.29) is 18.1 Å². The first-order valence-corrected chi connectivity index (χ1v) is 8.88. The molecule has 2 aromatic rings. The van der Waals surface area contributed by atoms with E-state index in [0.717, 1.165) is 15.0 Å². The fourth-order valence-electron chi connectivity index (χ4n) is 2.43. The Balaban J connectivity index is 1.49. The van der Waals surface area contributed by atoms with Crippen molar-refractivity contribution in [3.63, 3.8) is 0 Å². The smallest absolute Gasteiger partial charge is 0.242 e. The summed E-state index contributed by atoms with van der Waals surface area (Å²) in [5, 5.41) is 6.11. The lowest BCUT2D eigenvalue weighted by Crippen LogP contribution is -2.45. The van der Waals surface area contributed by atoms with Gasteiger partial charge in [0.1, 0.15) is 18.8 Å². The van der Waals surface area contributed by atoms with Gasteiger partial charge in [0, 0.05) is 9.26 Å². The van der Waals surface area contributed by atoms with E-state index in [9.17, 15) is 4.79 Å². The molecule has 1 heterocycles. The predicted octanol–water partition coefficient (Wildman–Crippen LogP) is 3.05. The number of para-hydroxylation sites is 2. The van der Waals surface area contributed by atoms with E-state index in [1.165, 1.54) is 0 Å². The monoisotopic (exact) mass is 438 g/mol. The van der Waals surface area contributed by atoms with E-state index in [0.29, 0.717) is 18.9 Å². The summed E-state index contributed by atoms with van der Waals surface area (Å²) in [6.45, 7) is 2.67. The lowest BCUT2D eigenvalue weighted by molar-refractivity contribution is -0.122. The van der Waals surface area contributed by atoms with Gasteiger partial charge in [-0.15, -0.1) is 0 Å². The van der Waals surface area contributed by atoms with Crippen LogP contribution in [0.2, 0.25) is 0 Å². The highest BCUT2D eigenvalue weighted by atomic mass is 127. The van der Waals surface area contributed by atoms with E-state index >= 15 is 0 Å². The van der Waals surface area contributed by atoms with E-state index in [4.69, 9.17) is 9.47 Å².